The summed E-state index contributed by atoms with van der Waals surface area (Å²) in [6.45, 7) is 13.9. The summed E-state index contributed by atoms with van der Waals surface area (Å²) in [7, 11) is 1.89. The minimum absolute atomic E-state index is 0.0436. The van der Waals surface area contributed by atoms with Crippen LogP contribution in [0.3, 0.4) is 0 Å². The highest BCUT2D eigenvalue weighted by atomic mass is 15.2. The van der Waals surface area contributed by atoms with Crippen molar-refractivity contribution in [3.05, 3.63) is 11.9 Å². The SMILES string of the molecule is CCN(c1cc(NC)nc(C(C)(C)C)n1)C(C)C. The first-order chi connectivity index (χ1) is 8.29. The second-order valence-electron chi connectivity index (χ2n) is 5.81. The van der Waals surface area contributed by atoms with Gasteiger partial charge in [-0.15, -0.1) is 0 Å². The Labute approximate surface area is 111 Å². The Balaban J connectivity index is 3.27. The minimum Gasteiger partial charge on any atom is -0.373 e. The predicted molar refractivity (Wildman–Crippen MR) is 78.4 cm³/mol. The van der Waals surface area contributed by atoms with E-state index in [0.717, 1.165) is 24.0 Å². The molecule has 102 valence electrons. The monoisotopic (exact) mass is 250 g/mol. The van der Waals surface area contributed by atoms with Gasteiger partial charge in [-0.05, 0) is 20.8 Å². The molecule has 0 unspecified atom stereocenters. The van der Waals surface area contributed by atoms with Crippen LogP contribution in [0.4, 0.5) is 11.6 Å². The molecule has 0 aliphatic carbocycles. The fraction of sp³-hybridized carbons (Fsp3) is 0.714. The van der Waals surface area contributed by atoms with Crippen molar-refractivity contribution < 1.29 is 0 Å². The normalized spacial score (nSPS) is 11.8. The van der Waals surface area contributed by atoms with Crippen molar-refractivity contribution in [1.82, 2.24) is 9.97 Å². The van der Waals surface area contributed by atoms with Gasteiger partial charge in [-0.25, -0.2) is 9.97 Å². The molecular formula is C14H26N4. The third-order valence-corrected chi connectivity index (χ3v) is 2.90. The third kappa shape index (κ3) is 3.34. The molecule has 0 saturated carbocycles. The van der Waals surface area contributed by atoms with E-state index in [2.05, 4.69) is 56.7 Å². The highest BCUT2D eigenvalue weighted by molar-refractivity contribution is 5.50. The molecule has 0 spiro atoms. The van der Waals surface area contributed by atoms with Gasteiger partial charge in [0.05, 0.1) is 0 Å². The number of rotatable bonds is 4. The first kappa shape index (κ1) is 14.7. The summed E-state index contributed by atoms with van der Waals surface area (Å²) < 4.78 is 0. The first-order valence-corrected chi connectivity index (χ1v) is 6.63. The van der Waals surface area contributed by atoms with E-state index < -0.39 is 0 Å². The zero-order chi connectivity index (χ0) is 13.9. The fourth-order valence-electron chi connectivity index (χ4n) is 1.84. The second kappa shape index (κ2) is 5.55. The average molecular weight is 250 g/mol. The van der Waals surface area contributed by atoms with Crippen LogP contribution in [0, 0.1) is 0 Å². The molecule has 1 aromatic rings. The summed E-state index contributed by atoms with van der Waals surface area (Å²) >= 11 is 0. The van der Waals surface area contributed by atoms with Crippen LogP contribution >= 0.6 is 0 Å². The zero-order valence-electron chi connectivity index (χ0n) is 12.7. The summed E-state index contributed by atoms with van der Waals surface area (Å²) in [5.74, 6) is 2.75. The Kier molecular flexibility index (Phi) is 4.54. The number of anilines is 2. The van der Waals surface area contributed by atoms with E-state index in [0.29, 0.717) is 6.04 Å². The molecule has 18 heavy (non-hydrogen) atoms. The molecule has 0 aliphatic rings. The molecule has 1 heterocycles. The molecule has 4 nitrogen and oxygen atoms in total. The topological polar surface area (TPSA) is 41.0 Å². The number of nitrogens with zero attached hydrogens (tertiary/aromatic N) is 3. The van der Waals surface area contributed by atoms with Gasteiger partial charge >= 0.3 is 0 Å². The average Bonchev–Trinajstić information content (AvgIpc) is 2.27. The summed E-state index contributed by atoms with van der Waals surface area (Å²) in [5.41, 5.74) is -0.0436. The van der Waals surface area contributed by atoms with Crippen LogP contribution in [0.5, 0.6) is 0 Å². The Morgan fingerprint density at radius 2 is 1.89 bits per heavy atom. The van der Waals surface area contributed by atoms with E-state index in [4.69, 9.17) is 4.98 Å². The lowest BCUT2D eigenvalue weighted by Gasteiger charge is -2.28. The van der Waals surface area contributed by atoms with Crippen molar-refractivity contribution >= 4 is 11.6 Å². The lowest BCUT2D eigenvalue weighted by molar-refractivity contribution is 0.543. The number of aromatic nitrogens is 2. The summed E-state index contributed by atoms with van der Waals surface area (Å²) in [6, 6.07) is 2.45. The lowest BCUT2D eigenvalue weighted by Crippen LogP contribution is -2.32. The molecule has 0 saturated heterocycles. The fourth-order valence-corrected chi connectivity index (χ4v) is 1.84. The van der Waals surface area contributed by atoms with Gasteiger partial charge in [-0.1, -0.05) is 20.8 Å². The smallest absolute Gasteiger partial charge is 0.138 e. The highest BCUT2D eigenvalue weighted by Gasteiger charge is 2.21. The van der Waals surface area contributed by atoms with E-state index in [1.165, 1.54) is 0 Å². The first-order valence-electron chi connectivity index (χ1n) is 6.63. The van der Waals surface area contributed by atoms with Crippen molar-refractivity contribution in [3.63, 3.8) is 0 Å². The maximum Gasteiger partial charge on any atom is 0.138 e. The molecule has 0 fully saturated rings. The second-order valence-corrected chi connectivity index (χ2v) is 5.81. The van der Waals surface area contributed by atoms with Crippen molar-refractivity contribution in [2.24, 2.45) is 0 Å². The number of hydrogen-bond acceptors (Lipinski definition) is 4. The lowest BCUT2D eigenvalue weighted by atomic mass is 9.96. The van der Waals surface area contributed by atoms with Crippen LogP contribution in [0.25, 0.3) is 0 Å². The summed E-state index contributed by atoms with van der Waals surface area (Å²) in [6.07, 6.45) is 0. The number of hydrogen-bond donors (Lipinski definition) is 1. The van der Waals surface area contributed by atoms with Gasteiger partial charge in [-0.3, -0.25) is 0 Å². The van der Waals surface area contributed by atoms with Crippen LogP contribution < -0.4 is 10.2 Å². The van der Waals surface area contributed by atoms with Gasteiger partial charge in [0.1, 0.15) is 17.5 Å². The van der Waals surface area contributed by atoms with E-state index in [9.17, 15) is 0 Å². The minimum atomic E-state index is -0.0436. The van der Waals surface area contributed by atoms with E-state index >= 15 is 0 Å². The molecule has 0 atom stereocenters. The Bertz CT molecular complexity index is 393. The summed E-state index contributed by atoms with van der Waals surface area (Å²) in [4.78, 5) is 11.5. The van der Waals surface area contributed by atoms with Gasteiger partial charge in [0.15, 0.2) is 0 Å². The standard InChI is InChI=1S/C14H26N4/c1-8-18(10(2)3)12-9-11(15-7)16-13(17-12)14(4,5)6/h9-10H,8H2,1-7H3,(H,15,16,17). The maximum atomic E-state index is 4.72. The molecule has 0 aromatic carbocycles. The zero-order valence-corrected chi connectivity index (χ0v) is 12.7. The maximum absolute atomic E-state index is 4.72. The van der Waals surface area contributed by atoms with Gasteiger partial charge in [0.2, 0.25) is 0 Å². The van der Waals surface area contributed by atoms with E-state index in [1.54, 1.807) is 0 Å². The van der Waals surface area contributed by atoms with Crippen LogP contribution in [-0.2, 0) is 5.41 Å². The molecule has 1 N–H and O–H groups in total. The molecule has 0 radical (unpaired) electrons. The Hall–Kier alpha value is -1.32. The Morgan fingerprint density at radius 3 is 2.28 bits per heavy atom. The molecule has 0 bridgehead atoms. The van der Waals surface area contributed by atoms with Crippen LogP contribution in [0.2, 0.25) is 0 Å². The van der Waals surface area contributed by atoms with Crippen molar-refractivity contribution in [3.8, 4) is 0 Å². The summed E-state index contributed by atoms with van der Waals surface area (Å²) in [5, 5.41) is 3.12. The third-order valence-electron chi connectivity index (χ3n) is 2.90. The molecule has 1 rings (SSSR count). The van der Waals surface area contributed by atoms with Crippen molar-refractivity contribution in [2.75, 3.05) is 23.8 Å². The predicted octanol–water partition coefficient (Wildman–Crippen LogP) is 3.05. The van der Waals surface area contributed by atoms with Gasteiger partial charge < -0.3 is 10.2 Å². The van der Waals surface area contributed by atoms with Crippen molar-refractivity contribution in [2.45, 2.75) is 53.0 Å². The molecular weight excluding hydrogens is 224 g/mol. The van der Waals surface area contributed by atoms with Gasteiger partial charge in [0, 0.05) is 31.1 Å². The van der Waals surface area contributed by atoms with Gasteiger partial charge in [0.25, 0.3) is 0 Å². The highest BCUT2D eigenvalue weighted by Crippen LogP contribution is 2.24. The largest absolute Gasteiger partial charge is 0.373 e. The number of nitrogens with one attached hydrogen (secondary N) is 1. The molecule has 0 aliphatic heterocycles. The van der Waals surface area contributed by atoms with E-state index in [-0.39, 0.29) is 5.41 Å². The van der Waals surface area contributed by atoms with E-state index in [1.807, 2.05) is 13.1 Å². The molecule has 4 heteroatoms. The van der Waals surface area contributed by atoms with Crippen LogP contribution in [0.1, 0.15) is 47.4 Å². The van der Waals surface area contributed by atoms with Crippen LogP contribution in [-0.4, -0.2) is 29.6 Å². The van der Waals surface area contributed by atoms with Crippen molar-refractivity contribution in [1.29, 1.82) is 0 Å². The quantitative estimate of drug-likeness (QED) is 0.891. The molecule has 1 aromatic heterocycles. The van der Waals surface area contributed by atoms with Crippen LogP contribution in [0.15, 0.2) is 6.07 Å². The van der Waals surface area contributed by atoms with Gasteiger partial charge in [-0.2, -0.15) is 0 Å². The Morgan fingerprint density at radius 1 is 1.28 bits per heavy atom. The molecule has 0 amide bonds.